The van der Waals surface area contributed by atoms with Gasteiger partial charge in [0.25, 0.3) is 0 Å². The molecule has 2 amide bonds. The van der Waals surface area contributed by atoms with Crippen molar-refractivity contribution < 1.29 is 9.53 Å². The van der Waals surface area contributed by atoms with Crippen LogP contribution in [0.3, 0.4) is 0 Å². The summed E-state index contributed by atoms with van der Waals surface area (Å²) in [4.78, 5) is 16.5. The first kappa shape index (κ1) is 15.8. The molecule has 0 fully saturated rings. The van der Waals surface area contributed by atoms with Gasteiger partial charge in [0.1, 0.15) is 17.9 Å². The molecular formula is C15H21N5O2. The summed E-state index contributed by atoms with van der Waals surface area (Å²) in [6.45, 7) is 4.03. The van der Waals surface area contributed by atoms with Gasteiger partial charge in [-0.1, -0.05) is 26.0 Å². The molecular weight excluding hydrogens is 282 g/mol. The standard InChI is InChI=1S/C15H21N5O2/c1-10(2)13(14-16-9-17-20(14)3)19-15(21)18-11-7-5-6-8-12(11)22-4/h5-10,13H,1-4H3,(H2,18,19,21)/t13-/m1/s1. The predicted octanol–water partition coefficient (Wildman–Crippen LogP) is 2.34. The summed E-state index contributed by atoms with van der Waals surface area (Å²) in [5.74, 6) is 1.49. The first-order chi connectivity index (χ1) is 10.5. The number of carbonyl (C=O) groups is 1. The summed E-state index contributed by atoms with van der Waals surface area (Å²) in [5, 5.41) is 9.78. The lowest BCUT2D eigenvalue weighted by Crippen LogP contribution is -2.36. The summed E-state index contributed by atoms with van der Waals surface area (Å²) in [6.07, 6.45) is 1.48. The number of aryl methyl sites for hydroxylation is 1. The van der Waals surface area contributed by atoms with Crippen molar-refractivity contribution in [3.05, 3.63) is 36.4 Å². The molecule has 0 aliphatic rings. The van der Waals surface area contributed by atoms with Crippen molar-refractivity contribution in [1.29, 1.82) is 0 Å². The molecule has 0 aliphatic heterocycles. The van der Waals surface area contributed by atoms with E-state index in [2.05, 4.69) is 20.7 Å². The van der Waals surface area contributed by atoms with Crippen molar-refractivity contribution in [3.8, 4) is 5.75 Å². The molecule has 2 aromatic rings. The van der Waals surface area contributed by atoms with Gasteiger partial charge in [-0.2, -0.15) is 5.10 Å². The van der Waals surface area contributed by atoms with E-state index in [0.717, 1.165) is 0 Å². The molecule has 0 aliphatic carbocycles. The summed E-state index contributed by atoms with van der Waals surface area (Å²) >= 11 is 0. The zero-order valence-corrected chi connectivity index (χ0v) is 13.2. The maximum atomic E-state index is 12.3. The van der Waals surface area contributed by atoms with Crippen LogP contribution in [-0.4, -0.2) is 27.9 Å². The summed E-state index contributed by atoms with van der Waals surface area (Å²) in [5.41, 5.74) is 0.614. The van der Waals surface area contributed by atoms with Crippen LogP contribution in [0, 0.1) is 5.92 Å². The average molecular weight is 303 g/mol. The fraction of sp³-hybridized carbons (Fsp3) is 0.400. The molecule has 0 bridgehead atoms. The van der Waals surface area contributed by atoms with Crippen molar-refractivity contribution in [2.45, 2.75) is 19.9 Å². The van der Waals surface area contributed by atoms with E-state index in [1.54, 1.807) is 31.0 Å². The number of methoxy groups -OCH3 is 1. The molecule has 22 heavy (non-hydrogen) atoms. The number of anilines is 1. The Hall–Kier alpha value is -2.57. The maximum absolute atomic E-state index is 12.3. The third-order valence-electron chi connectivity index (χ3n) is 3.33. The number of amides is 2. The van der Waals surface area contributed by atoms with Gasteiger partial charge in [0, 0.05) is 7.05 Å². The van der Waals surface area contributed by atoms with Crippen LogP contribution < -0.4 is 15.4 Å². The molecule has 2 rings (SSSR count). The fourth-order valence-electron chi connectivity index (χ4n) is 2.16. The minimum Gasteiger partial charge on any atom is -0.495 e. The first-order valence-electron chi connectivity index (χ1n) is 7.07. The van der Waals surface area contributed by atoms with Crippen LogP contribution in [0.4, 0.5) is 10.5 Å². The number of hydrogen-bond acceptors (Lipinski definition) is 4. The lowest BCUT2D eigenvalue weighted by molar-refractivity contribution is 0.243. The Kier molecular flexibility index (Phi) is 4.98. The number of carbonyl (C=O) groups excluding carboxylic acids is 1. The number of aromatic nitrogens is 3. The number of ether oxygens (including phenoxy) is 1. The van der Waals surface area contributed by atoms with Crippen molar-refractivity contribution in [3.63, 3.8) is 0 Å². The molecule has 0 spiro atoms. The minimum absolute atomic E-state index is 0.173. The molecule has 1 aromatic carbocycles. The van der Waals surface area contributed by atoms with Gasteiger partial charge in [-0.25, -0.2) is 9.78 Å². The van der Waals surface area contributed by atoms with Crippen LogP contribution in [0.1, 0.15) is 25.7 Å². The zero-order chi connectivity index (χ0) is 16.1. The van der Waals surface area contributed by atoms with Crippen molar-refractivity contribution in [2.75, 3.05) is 12.4 Å². The Balaban J connectivity index is 2.11. The van der Waals surface area contributed by atoms with Gasteiger partial charge in [0.15, 0.2) is 0 Å². The number of benzene rings is 1. The molecule has 0 radical (unpaired) electrons. The number of urea groups is 1. The third-order valence-corrected chi connectivity index (χ3v) is 3.33. The van der Waals surface area contributed by atoms with E-state index >= 15 is 0 Å². The normalized spacial score (nSPS) is 12.0. The molecule has 1 atom stereocenters. The van der Waals surface area contributed by atoms with Gasteiger partial charge >= 0.3 is 6.03 Å². The smallest absolute Gasteiger partial charge is 0.319 e. The van der Waals surface area contributed by atoms with Gasteiger partial charge < -0.3 is 15.4 Å². The average Bonchev–Trinajstić information content (AvgIpc) is 2.91. The van der Waals surface area contributed by atoms with Crippen LogP contribution in [0.2, 0.25) is 0 Å². The van der Waals surface area contributed by atoms with Gasteiger partial charge in [-0.15, -0.1) is 0 Å². The van der Waals surface area contributed by atoms with Crippen molar-refractivity contribution in [2.24, 2.45) is 13.0 Å². The Labute approximate surface area is 129 Å². The SMILES string of the molecule is COc1ccccc1NC(=O)N[C@@H](c1ncnn1C)C(C)C. The van der Waals surface area contributed by atoms with Crippen LogP contribution in [-0.2, 0) is 7.05 Å². The van der Waals surface area contributed by atoms with Gasteiger partial charge in [0.05, 0.1) is 18.8 Å². The topological polar surface area (TPSA) is 81.1 Å². The van der Waals surface area contributed by atoms with Crippen molar-refractivity contribution >= 4 is 11.7 Å². The van der Waals surface area contributed by atoms with Crippen LogP contribution in [0.25, 0.3) is 0 Å². The molecule has 7 heteroatoms. The Morgan fingerprint density at radius 3 is 2.64 bits per heavy atom. The molecule has 0 saturated heterocycles. The van der Waals surface area contributed by atoms with E-state index in [4.69, 9.17) is 4.74 Å². The minimum atomic E-state index is -0.314. The van der Waals surface area contributed by atoms with Crippen molar-refractivity contribution in [1.82, 2.24) is 20.1 Å². The highest BCUT2D eigenvalue weighted by atomic mass is 16.5. The first-order valence-corrected chi connectivity index (χ1v) is 7.07. The molecule has 0 unspecified atom stereocenters. The molecule has 2 N–H and O–H groups in total. The number of rotatable bonds is 5. The van der Waals surface area contributed by atoms with Crippen LogP contribution in [0.5, 0.6) is 5.75 Å². The highest BCUT2D eigenvalue weighted by Crippen LogP contribution is 2.24. The summed E-state index contributed by atoms with van der Waals surface area (Å²) in [6, 6.07) is 6.70. The molecule has 1 heterocycles. The summed E-state index contributed by atoms with van der Waals surface area (Å²) < 4.78 is 6.88. The van der Waals surface area contributed by atoms with E-state index in [-0.39, 0.29) is 18.0 Å². The number of para-hydroxylation sites is 2. The monoisotopic (exact) mass is 303 g/mol. The molecule has 0 saturated carbocycles. The third kappa shape index (κ3) is 3.55. The second-order valence-electron chi connectivity index (χ2n) is 5.26. The van der Waals surface area contributed by atoms with E-state index in [1.807, 2.05) is 26.0 Å². The van der Waals surface area contributed by atoms with Gasteiger partial charge in [0.2, 0.25) is 0 Å². The number of nitrogens with zero attached hydrogens (tertiary/aromatic N) is 3. The van der Waals surface area contributed by atoms with Gasteiger partial charge in [-0.05, 0) is 18.1 Å². The Morgan fingerprint density at radius 1 is 1.32 bits per heavy atom. The lowest BCUT2D eigenvalue weighted by atomic mass is 10.0. The molecule has 118 valence electrons. The molecule has 7 nitrogen and oxygen atoms in total. The largest absolute Gasteiger partial charge is 0.495 e. The van der Waals surface area contributed by atoms with E-state index in [0.29, 0.717) is 17.3 Å². The number of hydrogen-bond donors (Lipinski definition) is 2. The predicted molar refractivity (Wildman–Crippen MR) is 83.7 cm³/mol. The van der Waals surface area contributed by atoms with Crippen LogP contribution in [0.15, 0.2) is 30.6 Å². The zero-order valence-electron chi connectivity index (χ0n) is 13.2. The molecule has 1 aromatic heterocycles. The fourth-order valence-corrected chi connectivity index (χ4v) is 2.16. The second kappa shape index (κ2) is 6.93. The number of nitrogens with one attached hydrogen (secondary N) is 2. The highest BCUT2D eigenvalue weighted by Gasteiger charge is 2.22. The van der Waals surface area contributed by atoms with E-state index in [9.17, 15) is 4.79 Å². The van der Waals surface area contributed by atoms with Gasteiger partial charge in [-0.3, -0.25) is 4.68 Å². The van der Waals surface area contributed by atoms with Crippen LogP contribution >= 0.6 is 0 Å². The quantitative estimate of drug-likeness (QED) is 0.888. The summed E-state index contributed by atoms with van der Waals surface area (Å²) in [7, 11) is 3.37. The Bertz CT molecular complexity index is 638. The maximum Gasteiger partial charge on any atom is 0.319 e. The highest BCUT2D eigenvalue weighted by molar-refractivity contribution is 5.91. The lowest BCUT2D eigenvalue weighted by Gasteiger charge is -2.22. The second-order valence-corrected chi connectivity index (χ2v) is 5.26. The van der Waals surface area contributed by atoms with E-state index in [1.165, 1.54) is 6.33 Å². The Morgan fingerprint density at radius 2 is 2.05 bits per heavy atom. The van der Waals surface area contributed by atoms with E-state index < -0.39 is 0 Å².